The molecule has 0 aliphatic carbocycles. The van der Waals surface area contributed by atoms with Crippen molar-refractivity contribution >= 4 is 39.9 Å². The van der Waals surface area contributed by atoms with Gasteiger partial charge in [0.05, 0.1) is 7.11 Å². The highest BCUT2D eigenvalue weighted by atomic mass is 32.2. The van der Waals surface area contributed by atoms with Crippen LogP contribution in [0, 0.1) is 0 Å². The van der Waals surface area contributed by atoms with Gasteiger partial charge in [-0.1, -0.05) is 29.2 Å². The Balaban J connectivity index is 1.50. The van der Waals surface area contributed by atoms with Crippen molar-refractivity contribution in [3.63, 3.8) is 0 Å². The Morgan fingerprint density at radius 1 is 1.20 bits per heavy atom. The molecular weight excluding hydrogens is 358 g/mol. The molecule has 25 heavy (non-hydrogen) atoms. The van der Waals surface area contributed by atoms with E-state index in [1.54, 1.807) is 49.3 Å². The van der Waals surface area contributed by atoms with Crippen LogP contribution in [0.5, 0.6) is 5.75 Å². The number of carbonyl (C=O) groups excluding carboxylic acids is 1. The van der Waals surface area contributed by atoms with Gasteiger partial charge >= 0.3 is 6.03 Å². The van der Waals surface area contributed by atoms with Crippen LogP contribution in [0.1, 0.15) is 5.56 Å². The molecule has 128 valence electrons. The number of thioether (sulfide) groups is 1. The second-order valence-electron chi connectivity index (χ2n) is 4.83. The summed E-state index contributed by atoms with van der Waals surface area (Å²) in [6.07, 6.45) is 3.55. The summed E-state index contributed by atoms with van der Waals surface area (Å²) in [5, 5.41) is 13.9. The molecule has 0 radical (unpaired) electrons. The van der Waals surface area contributed by atoms with Gasteiger partial charge < -0.3 is 10.1 Å². The predicted octanol–water partition coefficient (Wildman–Crippen LogP) is 3.88. The van der Waals surface area contributed by atoms with Gasteiger partial charge in [0, 0.05) is 23.8 Å². The molecule has 0 saturated carbocycles. The Hall–Kier alpha value is -2.65. The number of methoxy groups -OCH3 is 1. The normalized spacial score (nSPS) is 10.3. The van der Waals surface area contributed by atoms with Crippen molar-refractivity contribution < 1.29 is 9.53 Å². The van der Waals surface area contributed by atoms with Crippen LogP contribution in [0.2, 0.25) is 0 Å². The summed E-state index contributed by atoms with van der Waals surface area (Å²) in [6, 6.07) is 10.6. The average Bonchev–Trinajstić information content (AvgIpc) is 3.08. The van der Waals surface area contributed by atoms with E-state index in [1.165, 1.54) is 11.3 Å². The van der Waals surface area contributed by atoms with Gasteiger partial charge in [0.15, 0.2) is 4.34 Å². The minimum atomic E-state index is -0.370. The molecule has 3 aromatic rings. The van der Waals surface area contributed by atoms with Crippen LogP contribution in [0.25, 0.3) is 0 Å². The maximum Gasteiger partial charge on any atom is 0.325 e. The number of hydrogen-bond acceptors (Lipinski definition) is 7. The fourth-order valence-electron chi connectivity index (χ4n) is 1.88. The molecule has 2 amide bonds. The minimum absolute atomic E-state index is 0.370. The highest BCUT2D eigenvalue weighted by Crippen LogP contribution is 2.28. The second-order valence-corrected chi connectivity index (χ2v) is 7.03. The number of hydrogen-bond donors (Lipinski definition) is 2. The smallest absolute Gasteiger partial charge is 0.325 e. The fraction of sp³-hybridized carbons (Fsp3) is 0.125. The van der Waals surface area contributed by atoms with Crippen molar-refractivity contribution in [2.24, 2.45) is 0 Å². The average molecular weight is 373 g/mol. The van der Waals surface area contributed by atoms with E-state index >= 15 is 0 Å². The monoisotopic (exact) mass is 373 g/mol. The van der Waals surface area contributed by atoms with Gasteiger partial charge in [-0.15, -0.1) is 10.2 Å². The van der Waals surface area contributed by atoms with Crippen molar-refractivity contribution in [2.75, 3.05) is 17.7 Å². The first kappa shape index (κ1) is 17.2. The molecule has 1 aromatic carbocycles. The van der Waals surface area contributed by atoms with E-state index in [-0.39, 0.29) is 6.03 Å². The van der Waals surface area contributed by atoms with Crippen LogP contribution in [0.4, 0.5) is 15.6 Å². The first-order valence-electron chi connectivity index (χ1n) is 7.30. The van der Waals surface area contributed by atoms with Crippen LogP contribution < -0.4 is 15.4 Å². The molecule has 7 nitrogen and oxygen atoms in total. The molecule has 0 atom stereocenters. The number of nitrogens with zero attached hydrogens (tertiary/aromatic N) is 3. The number of anilines is 2. The first-order chi connectivity index (χ1) is 12.2. The fourth-order valence-corrected chi connectivity index (χ4v) is 3.56. The van der Waals surface area contributed by atoms with Crippen LogP contribution in [-0.4, -0.2) is 28.3 Å². The van der Waals surface area contributed by atoms with E-state index in [1.807, 2.05) is 18.3 Å². The third-order valence-electron chi connectivity index (χ3n) is 3.06. The SMILES string of the molecule is COc1ccc(NC(=O)Nc2nnc(SCc3cccnc3)s2)cc1. The van der Waals surface area contributed by atoms with Crippen LogP contribution in [-0.2, 0) is 5.75 Å². The van der Waals surface area contributed by atoms with E-state index in [0.29, 0.717) is 10.8 Å². The third-order valence-corrected chi connectivity index (χ3v) is 5.10. The number of rotatable bonds is 6. The van der Waals surface area contributed by atoms with E-state index in [0.717, 1.165) is 21.4 Å². The van der Waals surface area contributed by atoms with Crippen molar-refractivity contribution in [3.8, 4) is 5.75 Å². The highest BCUT2D eigenvalue weighted by Gasteiger charge is 2.09. The number of ether oxygens (including phenoxy) is 1. The van der Waals surface area contributed by atoms with Gasteiger partial charge in [-0.25, -0.2) is 4.79 Å². The minimum Gasteiger partial charge on any atom is -0.497 e. The number of benzene rings is 1. The molecule has 0 bridgehead atoms. The summed E-state index contributed by atoms with van der Waals surface area (Å²) in [5.41, 5.74) is 1.77. The standard InChI is InChI=1S/C16H15N5O2S2/c1-23-13-6-4-12(5-7-13)18-14(22)19-15-20-21-16(25-15)24-10-11-3-2-8-17-9-11/h2-9H,10H2,1H3,(H2,18,19,20,22). The number of nitrogens with one attached hydrogen (secondary N) is 2. The Morgan fingerprint density at radius 3 is 2.76 bits per heavy atom. The van der Waals surface area contributed by atoms with Crippen molar-refractivity contribution in [1.82, 2.24) is 15.2 Å². The second kappa shape index (κ2) is 8.45. The summed E-state index contributed by atoms with van der Waals surface area (Å²) < 4.78 is 5.86. The summed E-state index contributed by atoms with van der Waals surface area (Å²) in [5.74, 6) is 1.48. The molecule has 0 aliphatic heterocycles. The predicted molar refractivity (Wildman–Crippen MR) is 99.3 cm³/mol. The Bertz CT molecular complexity index is 824. The molecule has 0 aliphatic rings. The lowest BCUT2D eigenvalue weighted by atomic mass is 10.3. The lowest BCUT2D eigenvalue weighted by molar-refractivity contribution is 0.262. The van der Waals surface area contributed by atoms with E-state index < -0.39 is 0 Å². The lowest BCUT2D eigenvalue weighted by Gasteiger charge is -2.05. The zero-order chi connectivity index (χ0) is 17.5. The van der Waals surface area contributed by atoms with Crippen LogP contribution in [0.3, 0.4) is 0 Å². The van der Waals surface area contributed by atoms with E-state index in [2.05, 4.69) is 25.8 Å². The maximum atomic E-state index is 12.0. The largest absolute Gasteiger partial charge is 0.497 e. The zero-order valence-electron chi connectivity index (χ0n) is 13.3. The zero-order valence-corrected chi connectivity index (χ0v) is 14.9. The van der Waals surface area contributed by atoms with Crippen molar-refractivity contribution in [1.29, 1.82) is 0 Å². The van der Waals surface area contributed by atoms with Gasteiger partial charge in [0.1, 0.15) is 5.75 Å². The van der Waals surface area contributed by atoms with Gasteiger partial charge in [-0.05, 0) is 35.9 Å². The maximum absolute atomic E-state index is 12.0. The molecule has 0 spiro atoms. The Morgan fingerprint density at radius 2 is 2.04 bits per heavy atom. The van der Waals surface area contributed by atoms with E-state index in [9.17, 15) is 4.79 Å². The van der Waals surface area contributed by atoms with Crippen molar-refractivity contribution in [3.05, 3.63) is 54.4 Å². The van der Waals surface area contributed by atoms with E-state index in [4.69, 9.17) is 4.74 Å². The van der Waals surface area contributed by atoms with Crippen LogP contribution in [0.15, 0.2) is 53.1 Å². The molecule has 0 saturated heterocycles. The van der Waals surface area contributed by atoms with Gasteiger partial charge in [0.2, 0.25) is 5.13 Å². The van der Waals surface area contributed by atoms with Gasteiger partial charge in [-0.2, -0.15) is 0 Å². The molecule has 2 N–H and O–H groups in total. The summed E-state index contributed by atoms with van der Waals surface area (Å²) >= 11 is 2.87. The lowest BCUT2D eigenvalue weighted by Crippen LogP contribution is -2.19. The highest BCUT2D eigenvalue weighted by molar-refractivity contribution is 8.00. The molecule has 9 heteroatoms. The van der Waals surface area contributed by atoms with Crippen LogP contribution >= 0.6 is 23.1 Å². The quantitative estimate of drug-likeness (QED) is 0.503. The van der Waals surface area contributed by atoms with Gasteiger partial charge in [-0.3, -0.25) is 10.3 Å². The third kappa shape index (κ3) is 5.16. The molecule has 0 unspecified atom stereocenters. The number of carbonyl (C=O) groups is 1. The Labute approximate surface area is 152 Å². The molecular formula is C16H15N5O2S2. The summed E-state index contributed by atoms with van der Waals surface area (Å²) in [6.45, 7) is 0. The molecule has 0 fully saturated rings. The molecule has 2 aromatic heterocycles. The number of amides is 2. The summed E-state index contributed by atoms with van der Waals surface area (Å²) in [4.78, 5) is 16.1. The first-order valence-corrected chi connectivity index (χ1v) is 9.10. The number of pyridine rings is 1. The summed E-state index contributed by atoms with van der Waals surface area (Å²) in [7, 11) is 1.59. The van der Waals surface area contributed by atoms with Gasteiger partial charge in [0.25, 0.3) is 0 Å². The molecule has 3 rings (SSSR count). The Kier molecular flexibility index (Phi) is 5.81. The number of urea groups is 1. The number of aromatic nitrogens is 3. The van der Waals surface area contributed by atoms with Crippen molar-refractivity contribution in [2.45, 2.75) is 10.1 Å². The molecule has 2 heterocycles. The topological polar surface area (TPSA) is 89.0 Å².